The van der Waals surface area contributed by atoms with E-state index in [1.807, 2.05) is 71.9 Å². The van der Waals surface area contributed by atoms with Gasteiger partial charge in [0.1, 0.15) is 18.2 Å². The van der Waals surface area contributed by atoms with E-state index in [0.717, 1.165) is 22.4 Å². The molecule has 1 amide bonds. The van der Waals surface area contributed by atoms with Crippen molar-refractivity contribution in [3.05, 3.63) is 64.5 Å². The molecule has 1 N–H and O–H groups in total. The van der Waals surface area contributed by atoms with Crippen LogP contribution in [0.25, 0.3) is 6.08 Å². The van der Waals surface area contributed by atoms with Gasteiger partial charge >= 0.3 is 0 Å². The number of benzene rings is 2. The number of halogens is 1. The Bertz CT molecular complexity index is 856. The zero-order valence-corrected chi connectivity index (χ0v) is 17.7. The number of carbonyl (C=O) groups is 1. The van der Waals surface area contributed by atoms with Gasteiger partial charge in [-0.25, -0.2) is 4.39 Å². The van der Waals surface area contributed by atoms with Crippen LogP contribution in [0.2, 0.25) is 0 Å². The monoisotopic (exact) mass is 383 g/mol. The highest BCUT2D eigenvalue weighted by molar-refractivity contribution is 5.92. The summed E-state index contributed by atoms with van der Waals surface area (Å²) in [5.74, 6) is 0.367. The lowest BCUT2D eigenvalue weighted by Crippen LogP contribution is -2.20. The van der Waals surface area contributed by atoms with Crippen LogP contribution in [0.15, 0.2) is 36.4 Å². The number of nitrogens with one attached hydrogen (secondary N) is 1. The van der Waals surface area contributed by atoms with Gasteiger partial charge in [0.2, 0.25) is 5.91 Å². The highest BCUT2D eigenvalue weighted by Crippen LogP contribution is 2.28. The Morgan fingerprint density at radius 1 is 1.14 bits per heavy atom. The molecule has 0 unspecified atom stereocenters. The Balaban J connectivity index is 2.09. The van der Waals surface area contributed by atoms with Crippen molar-refractivity contribution in [3.63, 3.8) is 0 Å². The second-order valence-corrected chi connectivity index (χ2v) is 8.36. The van der Waals surface area contributed by atoms with Crippen LogP contribution >= 0.6 is 0 Å². The average Bonchev–Trinajstić information content (AvgIpc) is 2.56. The summed E-state index contributed by atoms with van der Waals surface area (Å²) >= 11 is 0. The number of hydrogen-bond donors (Lipinski definition) is 1. The molecular weight excluding hydrogens is 353 g/mol. The summed E-state index contributed by atoms with van der Waals surface area (Å²) < 4.78 is 20.0. The maximum absolute atomic E-state index is 14.2. The van der Waals surface area contributed by atoms with Gasteiger partial charge in [0.25, 0.3) is 0 Å². The first-order chi connectivity index (χ1) is 13.1. The lowest BCUT2D eigenvalue weighted by atomic mass is 9.92. The summed E-state index contributed by atoms with van der Waals surface area (Å²) in [7, 11) is 0. The lowest BCUT2D eigenvalue weighted by Gasteiger charge is -2.19. The van der Waals surface area contributed by atoms with E-state index in [2.05, 4.69) is 5.32 Å². The topological polar surface area (TPSA) is 38.3 Å². The van der Waals surface area contributed by atoms with E-state index in [9.17, 15) is 9.18 Å². The second kappa shape index (κ2) is 9.05. The van der Waals surface area contributed by atoms with E-state index >= 15 is 0 Å². The molecule has 0 saturated heterocycles. The van der Waals surface area contributed by atoms with Crippen molar-refractivity contribution in [2.24, 2.45) is 5.41 Å². The lowest BCUT2D eigenvalue weighted by molar-refractivity contribution is -0.117. The van der Waals surface area contributed by atoms with E-state index < -0.39 is 0 Å². The van der Waals surface area contributed by atoms with Gasteiger partial charge in [0, 0.05) is 17.7 Å². The Hall–Kier alpha value is -2.62. The summed E-state index contributed by atoms with van der Waals surface area (Å²) in [5.41, 5.74) is 3.91. The fourth-order valence-electron chi connectivity index (χ4n) is 3.01. The smallest absolute Gasteiger partial charge is 0.224 e. The fourth-order valence-corrected chi connectivity index (χ4v) is 3.01. The highest BCUT2D eigenvalue weighted by atomic mass is 19.1. The van der Waals surface area contributed by atoms with Gasteiger partial charge < -0.3 is 10.1 Å². The summed E-state index contributed by atoms with van der Waals surface area (Å²) in [5, 5.41) is 3.00. The van der Waals surface area contributed by atoms with Gasteiger partial charge in [-0.05, 0) is 61.1 Å². The normalized spacial score (nSPS) is 11.7. The molecule has 0 saturated carbocycles. The highest BCUT2D eigenvalue weighted by Gasteiger charge is 2.17. The molecule has 3 nitrogen and oxygen atoms in total. The molecule has 0 aliphatic heterocycles. The molecule has 4 heteroatoms. The van der Waals surface area contributed by atoms with E-state index in [1.165, 1.54) is 6.07 Å². The third-order valence-corrected chi connectivity index (χ3v) is 4.29. The third kappa shape index (κ3) is 6.22. The molecule has 2 rings (SSSR count). The minimum Gasteiger partial charge on any atom is -0.489 e. The van der Waals surface area contributed by atoms with Crippen LogP contribution in [0.3, 0.4) is 0 Å². The van der Waals surface area contributed by atoms with E-state index in [1.54, 1.807) is 6.07 Å². The predicted molar refractivity (Wildman–Crippen MR) is 114 cm³/mol. The van der Waals surface area contributed by atoms with Gasteiger partial charge in [-0.3, -0.25) is 4.79 Å². The van der Waals surface area contributed by atoms with Crippen molar-refractivity contribution in [2.75, 3.05) is 5.32 Å². The molecular formula is C24H30FNO2. The van der Waals surface area contributed by atoms with Gasteiger partial charge in [-0.15, -0.1) is 0 Å². The van der Waals surface area contributed by atoms with Gasteiger partial charge in [0.05, 0.1) is 0 Å². The number of allylic oxidation sites excluding steroid dienone is 1. The molecule has 0 radical (unpaired) electrons. The minimum atomic E-state index is -0.282. The molecule has 0 heterocycles. The molecule has 0 aromatic heterocycles. The molecule has 150 valence electrons. The van der Waals surface area contributed by atoms with Crippen LogP contribution < -0.4 is 10.1 Å². The van der Waals surface area contributed by atoms with Gasteiger partial charge in [-0.2, -0.15) is 0 Å². The second-order valence-electron chi connectivity index (χ2n) is 8.36. The maximum Gasteiger partial charge on any atom is 0.224 e. The molecule has 0 spiro atoms. The number of aryl methyl sites for hydroxylation is 2. The number of amides is 1. The third-order valence-electron chi connectivity index (χ3n) is 4.29. The summed E-state index contributed by atoms with van der Waals surface area (Å²) in [6.07, 6.45) is 4.18. The Kier molecular flexibility index (Phi) is 7.00. The zero-order valence-electron chi connectivity index (χ0n) is 17.7. The Labute approximate surface area is 167 Å². The molecule has 2 aromatic carbocycles. The van der Waals surface area contributed by atoms with Crippen molar-refractivity contribution in [1.29, 1.82) is 0 Å². The van der Waals surface area contributed by atoms with Gasteiger partial charge in [-0.1, -0.05) is 45.1 Å². The number of hydrogen-bond acceptors (Lipinski definition) is 2. The molecule has 0 bridgehead atoms. The first-order valence-corrected chi connectivity index (χ1v) is 9.54. The van der Waals surface area contributed by atoms with E-state index in [-0.39, 0.29) is 23.7 Å². The number of carbonyl (C=O) groups excluding carboxylic acids is 1. The van der Waals surface area contributed by atoms with Gasteiger partial charge in [0.15, 0.2) is 0 Å². The quantitative estimate of drug-likeness (QED) is 0.624. The number of ether oxygens (including phenoxy) is 1. The van der Waals surface area contributed by atoms with Crippen molar-refractivity contribution < 1.29 is 13.9 Å². The van der Waals surface area contributed by atoms with Crippen LogP contribution in [-0.2, 0) is 11.4 Å². The summed E-state index contributed by atoms with van der Waals surface area (Å²) in [6.45, 7) is 12.0. The van der Waals surface area contributed by atoms with Crippen LogP contribution in [0.4, 0.5) is 10.1 Å². The number of anilines is 1. The standard InChI is InChI=1S/C24H30FNO2/c1-7-8-18-9-10-19(21(25)13-18)15-28-20-11-16(2)23(17(3)12-20)26-22(27)14-24(4,5)6/h7-13H,14-15H2,1-6H3,(H,26,27). The maximum atomic E-state index is 14.2. The van der Waals surface area contributed by atoms with Crippen molar-refractivity contribution >= 4 is 17.7 Å². The SMILES string of the molecule is CC=Cc1ccc(COc2cc(C)c(NC(=O)CC(C)(C)C)c(C)c2)c(F)c1. The fraction of sp³-hybridized carbons (Fsp3) is 0.375. The molecule has 0 atom stereocenters. The number of rotatable bonds is 6. The summed E-state index contributed by atoms with van der Waals surface area (Å²) in [6, 6.07) is 8.85. The first-order valence-electron chi connectivity index (χ1n) is 9.54. The zero-order chi connectivity index (χ0) is 20.9. The predicted octanol–water partition coefficient (Wildman–Crippen LogP) is 6.43. The average molecular weight is 384 g/mol. The van der Waals surface area contributed by atoms with E-state index in [4.69, 9.17) is 4.74 Å². The van der Waals surface area contributed by atoms with Crippen molar-refractivity contribution in [2.45, 2.75) is 54.6 Å². The first kappa shape index (κ1) is 21.7. The van der Waals surface area contributed by atoms with Crippen LogP contribution in [0.1, 0.15) is 56.4 Å². The Morgan fingerprint density at radius 3 is 2.32 bits per heavy atom. The van der Waals surface area contributed by atoms with Crippen molar-refractivity contribution in [3.8, 4) is 5.75 Å². The minimum absolute atomic E-state index is 0.00402. The van der Waals surface area contributed by atoms with Crippen LogP contribution in [0.5, 0.6) is 5.75 Å². The Morgan fingerprint density at radius 2 is 1.79 bits per heavy atom. The van der Waals surface area contributed by atoms with Crippen LogP contribution in [-0.4, -0.2) is 5.91 Å². The van der Waals surface area contributed by atoms with Crippen molar-refractivity contribution in [1.82, 2.24) is 0 Å². The molecule has 0 fully saturated rings. The molecule has 0 aliphatic carbocycles. The molecule has 0 aliphatic rings. The molecule has 2 aromatic rings. The largest absolute Gasteiger partial charge is 0.489 e. The van der Waals surface area contributed by atoms with Crippen LogP contribution in [0, 0.1) is 25.1 Å². The molecule has 28 heavy (non-hydrogen) atoms. The van der Waals surface area contributed by atoms with E-state index in [0.29, 0.717) is 17.7 Å². The summed E-state index contributed by atoms with van der Waals surface area (Å²) in [4.78, 5) is 12.3.